The molecule has 0 radical (unpaired) electrons. The molecule has 6 heteroatoms. The zero-order valence-electron chi connectivity index (χ0n) is 37.6. The monoisotopic (exact) mass is 886 g/mol. The van der Waals surface area contributed by atoms with Gasteiger partial charge in [-0.1, -0.05) is 96.8 Å². The standard InChI is InChI=1S/C62H48F2N4/c63-45-13-7-8-18-49(34-27-45)65(53-37-39-61-57(41-53)55-19-9-11-21-59(55)67(61)47-14-3-1-4-15-47)50-30-23-43(24-31-50)44-25-32-51(33-26-44)66(52-35-28-46(64)29-36-52)54-38-40-62-58(42-54)56-20-10-12-22-60(56)68(62)48-16-5-2-6-17-48/h1-5,9-10,12-15,19-20,22-42,48-49H,6-7,11,16-17,21H2/b34-27-,45-13+. The van der Waals surface area contributed by atoms with Crippen molar-refractivity contribution >= 4 is 67.2 Å². The number of allylic oxidation sites excluding steroid dienone is 6. The van der Waals surface area contributed by atoms with Gasteiger partial charge < -0.3 is 18.9 Å². The molecule has 0 amide bonds. The summed E-state index contributed by atoms with van der Waals surface area (Å²) in [6.07, 6.45) is 19.6. The number of rotatable bonds is 9. The van der Waals surface area contributed by atoms with Gasteiger partial charge in [0.05, 0.1) is 5.52 Å². The van der Waals surface area contributed by atoms with Crippen LogP contribution in [0.4, 0.5) is 37.2 Å². The van der Waals surface area contributed by atoms with Gasteiger partial charge in [0.2, 0.25) is 0 Å². The molecule has 0 aliphatic heterocycles. The first-order chi connectivity index (χ1) is 33.6. The number of benzene rings is 7. The van der Waals surface area contributed by atoms with Crippen LogP contribution in [-0.4, -0.2) is 15.2 Å². The molecule has 4 nitrogen and oxygen atoms in total. The van der Waals surface area contributed by atoms with E-state index in [4.69, 9.17) is 0 Å². The molecule has 3 aliphatic rings. The van der Waals surface area contributed by atoms with E-state index in [1.54, 1.807) is 0 Å². The van der Waals surface area contributed by atoms with Crippen LogP contribution < -0.4 is 9.80 Å². The maximum atomic E-state index is 14.8. The second kappa shape index (κ2) is 17.6. The Morgan fingerprint density at radius 1 is 0.559 bits per heavy atom. The van der Waals surface area contributed by atoms with Crippen molar-refractivity contribution in [3.8, 4) is 28.7 Å². The van der Waals surface area contributed by atoms with Gasteiger partial charge in [0.15, 0.2) is 0 Å². The van der Waals surface area contributed by atoms with E-state index in [9.17, 15) is 8.78 Å². The number of hydrogen-bond acceptors (Lipinski definition) is 2. The Morgan fingerprint density at radius 2 is 1.24 bits per heavy atom. The zero-order valence-corrected chi connectivity index (χ0v) is 37.6. The number of anilines is 5. The molecule has 0 N–H and O–H groups in total. The smallest absolute Gasteiger partial charge is 0.123 e. The molecule has 12 rings (SSSR count). The Morgan fingerprint density at radius 3 is 2.01 bits per heavy atom. The first-order valence-electron chi connectivity index (χ1n) is 23.7. The Bertz CT molecular complexity index is 3540. The molecule has 0 fully saturated rings. The summed E-state index contributed by atoms with van der Waals surface area (Å²) in [4.78, 5) is 4.42. The first-order valence-corrected chi connectivity index (χ1v) is 23.7. The summed E-state index contributed by atoms with van der Waals surface area (Å²) in [5.41, 5.74) is 14.2. The van der Waals surface area contributed by atoms with E-state index in [-0.39, 0.29) is 11.6 Å². The predicted molar refractivity (Wildman–Crippen MR) is 279 cm³/mol. The molecule has 3 aliphatic carbocycles. The molecule has 7 aromatic carbocycles. The fourth-order valence-electron chi connectivity index (χ4n) is 10.7. The molecule has 0 saturated carbocycles. The van der Waals surface area contributed by atoms with Gasteiger partial charge in [-0.05, 0) is 165 Å². The van der Waals surface area contributed by atoms with E-state index in [0.717, 1.165) is 82.9 Å². The number of fused-ring (bicyclic) bond motifs is 6. The van der Waals surface area contributed by atoms with Gasteiger partial charge in [0.25, 0.3) is 0 Å². The van der Waals surface area contributed by atoms with Gasteiger partial charge >= 0.3 is 0 Å². The summed E-state index contributed by atoms with van der Waals surface area (Å²) >= 11 is 0. The third-order valence-electron chi connectivity index (χ3n) is 13.8. The predicted octanol–water partition coefficient (Wildman–Crippen LogP) is 16.6. The highest BCUT2D eigenvalue weighted by atomic mass is 19.1. The van der Waals surface area contributed by atoms with Crippen molar-refractivity contribution in [3.63, 3.8) is 0 Å². The topological polar surface area (TPSA) is 16.3 Å². The Labute approximate surface area is 395 Å². The average molecular weight is 887 g/mol. The fourth-order valence-corrected chi connectivity index (χ4v) is 10.7. The van der Waals surface area contributed by atoms with E-state index < -0.39 is 6.04 Å². The number of hydrogen-bond donors (Lipinski definition) is 0. The lowest BCUT2D eigenvalue weighted by Gasteiger charge is -2.30. The summed E-state index contributed by atoms with van der Waals surface area (Å²) in [5.74, 6) is 6.09. The molecular formula is C62H48F2N4. The van der Waals surface area contributed by atoms with Crippen molar-refractivity contribution in [2.45, 2.75) is 50.6 Å². The fraction of sp³-hybridized carbons (Fsp3) is 0.129. The van der Waals surface area contributed by atoms with Crippen LogP contribution in [-0.2, 0) is 6.42 Å². The second-order valence-corrected chi connectivity index (χ2v) is 17.9. The van der Waals surface area contributed by atoms with Crippen molar-refractivity contribution in [3.05, 3.63) is 223 Å². The van der Waals surface area contributed by atoms with E-state index >= 15 is 0 Å². The highest BCUT2D eigenvalue weighted by Gasteiger charge is 2.24. The summed E-state index contributed by atoms with van der Waals surface area (Å²) in [6, 6.07) is 56.6. The summed E-state index contributed by atoms with van der Waals surface area (Å²) in [7, 11) is 0. The minimum Gasteiger partial charge on any atom is -0.337 e. The molecule has 68 heavy (non-hydrogen) atoms. The molecule has 0 saturated heterocycles. The van der Waals surface area contributed by atoms with Crippen molar-refractivity contribution in [1.29, 1.82) is 0 Å². The third-order valence-corrected chi connectivity index (χ3v) is 13.8. The lowest BCUT2D eigenvalue weighted by Crippen LogP contribution is -2.28. The molecule has 2 atom stereocenters. The Hall–Kier alpha value is -8.14. The Kier molecular flexibility index (Phi) is 10.7. The SMILES string of the molecule is FC1=C/CC#CC(N(c2ccc(-c3ccc(N(c4ccc(F)cc4)c4ccc5c(c4)c4ccccc4n5C4CC=CCC4)cc3)cc2)c2ccc3c(c2)c2c(n3-c3ccccc3)CCC=C2)/C=C\1. The van der Waals surface area contributed by atoms with Crippen molar-refractivity contribution in [2.75, 3.05) is 9.80 Å². The lowest BCUT2D eigenvalue weighted by atomic mass is 10.0. The van der Waals surface area contributed by atoms with E-state index in [0.29, 0.717) is 12.5 Å². The second-order valence-electron chi connectivity index (χ2n) is 17.9. The normalized spacial score (nSPS) is 17.8. The largest absolute Gasteiger partial charge is 0.337 e. The molecular weight excluding hydrogens is 839 g/mol. The van der Waals surface area contributed by atoms with Crippen LogP contribution in [0.2, 0.25) is 0 Å². The van der Waals surface area contributed by atoms with Crippen LogP contribution >= 0.6 is 0 Å². The summed E-state index contributed by atoms with van der Waals surface area (Å²) in [5, 5.41) is 3.61. The van der Waals surface area contributed by atoms with E-state index in [2.05, 4.69) is 195 Å². The Balaban J connectivity index is 0.906. The summed E-state index contributed by atoms with van der Waals surface area (Å²) < 4.78 is 34.1. The molecule has 0 bridgehead atoms. The van der Waals surface area contributed by atoms with Gasteiger partial charge in [-0.15, -0.1) is 0 Å². The summed E-state index contributed by atoms with van der Waals surface area (Å²) in [6.45, 7) is 0. The van der Waals surface area contributed by atoms with Crippen LogP contribution in [0, 0.1) is 17.7 Å². The van der Waals surface area contributed by atoms with Gasteiger partial charge in [0.1, 0.15) is 17.7 Å². The van der Waals surface area contributed by atoms with Crippen LogP contribution in [0.1, 0.15) is 49.4 Å². The number of halogens is 2. The molecule has 2 unspecified atom stereocenters. The molecule has 0 spiro atoms. The van der Waals surface area contributed by atoms with Crippen LogP contribution in [0.15, 0.2) is 206 Å². The van der Waals surface area contributed by atoms with Crippen molar-refractivity contribution in [1.82, 2.24) is 9.13 Å². The van der Waals surface area contributed by atoms with Crippen LogP contribution in [0.25, 0.3) is 55.6 Å². The van der Waals surface area contributed by atoms with Crippen LogP contribution in [0.3, 0.4) is 0 Å². The van der Waals surface area contributed by atoms with Crippen molar-refractivity contribution in [2.24, 2.45) is 0 Å². The minimum absolute atomic E-state index is 0.272. The number of aromatic nitrogens is 2. The van der Waals surface area contributed by atoms with Gasteiger partial charge in [-0.2, -0.15) is 0 Å². The lowest BCUT2D eigenvalue weighted by molar-refractivity contribution is 0.485. The van der Waals surface area contributed by atoms with Gasteiger partial charge in [-0.25, -0.2) is 8.78 Å². The van der Waals surface area contributed by atoms with Gasteiger partial charge in [0, 0.05) is 85.0 Å². The average Bonchev–Trinajstić information content (AvgIpc) is 3.90. The zero-order chi connectivity index (χ0) is 45.6. The van der Waals surface area contributed by atoms with Crippen LogP contribution in [0.5, 0.6) is 0 Å². The first kappa shape index (κ1) is 41.3. The molecule has 9 aromatic rings. The molecule has 2 aromatic heterocycles. The number of nitrogens with zero attached hydrogens (tertiary/aromatic N) is 4. The molecule has 330 valence electrons. The maximum Gasteiger partial charge on any atom is 0.123 e. The third kappa shape index (κ3) is 7.51. The number of para-hydroxylation sites is 2. The van der Waals surface area contributed by atoms with Gasteiger partial charge in [-0.3, -0.25) is 0 Å². The van der Waals surface area contributed by atoms with E-state index in [1.807, 2.05) is 18.2 Å². The van der Waals surface area contributed by atoms with E-state index in [1.165, 1.54) is 62.7 Å². The highest BCUT2D eigenvalue weighted by Crippen LogP contribution is 2.43. The molecule has 2 heterocycles. The quantitative estimate of drug-likeness (QED) is 0.106. The highest BCUT2D eigenvalue weighted by molar-refractivity contribution is 6.09. The van der Waals surface area contributed by atoms with Crippen molar-refractivity contribution < 1.29 is 8.78 Å². The minimum atomic E-state index is -0.405. The maximum absolute atomic E-state index is 14.8.